The molecule has 0 aliphatic heterocycles. The number of aryl methyl sites for hydroxylation is 1. The monoisotopic (exact) mass is 278 g/mol. The van der Waals surface area contributed by atoms with Crippen LogP contribution in [0.25, 0.3) is 0 Å². The molecule has 15 heavy (non-hydrogen) atoms. The molecule has 0 amide bonds. The minimum Gasteiger partial charge on any atom is -0.506 e. The lowest BCUT2D eigenvalue weighted by Crippen LogP contribution is -1.98. The first-order valence-corrected chi connectivity index (χ1v) is 4.83. The van der Waals surface area contributed by atoms with Crippen LogP contribution >= 0.6 is 15.9 Å². The molecule has 3 N–H and O–H groups in total. The van der Waals surface area contributed by atoms with Gasteiger partial charge >= 0.3 is 5.97 Å². The Bertz CT molecular complexity index is 406. The zero-order valence-electron chi connectivity index (χ0n) is 7.50. The number of carbonyl (C=O) groups is 1. The fraction of sp³-hybridized carbons (Fsp3) is 0.222. The molecule has 0 fully saturated rings. The van der Waals surface area contributed by atoms with Gasteiger partial charge in [0.15, 0.2) is 11.6 Å². The Balaban J connectivity index is 3.04. The van der Waals surface area contributed by atoms with Crippen LogP contribution < -0.4 is 0 Å². The number of carboxylic acids is 1. The van der Waals surface area contributed by atoms with Crippen molar-refractivity contribution in [2.75, 3.05) is 0 Å². The van der Waals surface area contributed by atoms with Gasteiger partial charge in [0.25, 0.3) is 0 Å². The lowest BCUT2D eigenvalue weighted by molar-refractivity contribution is -0.136. The van der Waals surface area contributed by atoms with E-state index in [-0.39, 0.29) is 28.6 Å². The molecule has 6 heteroatoms. The Hall–Kier alpha value is -1.30. The second-order valence-corrected chi connectivity index (χ2v) is 3.72. The van der Waals surface area contributed by atoms with Crippen LogP contribution in [0.15, 0.2) is 10.5 Å². The van der Waals surface area contributed by atoms with Crippen molar-refractivity contribution in [1.82, 2.24) is 0 Å². The number of phenolic OH excluding ortho intramolecular Hbond substituents is 2. The largest absolute Gasteiger partial charge is 0.506 e. The lowest BCUT2D eigenvalue weighted by atomic mass is 10.1. The smallest absolute Gasteiger partial charge is 0.303 e. The molecular formula is C9H8BrFO4. The third-order valence-electron chi connectivity index (χ3n) is 1.86. The van der Waals surface area contributed by atoms with Crippen LogP contribution in [0.2, 0.25) is 0 Å². The van der Waals surface area contributed by atoms with Crippen LogP contribution in [-0.4, -0.2) is 21.3 Å². The van der Waals surface area contributed by atoms with Gasteiger partial charge in [-0.05, 0) is 34.0 Å². The minimum atomic E-state index is -1.04. The van der Waals surface area contributed by atoms with Crippen LogP contribution in [0.5, 0.6) is 11.5 Å². The van der Waals surface area contributed by atoms with E-state index in [1.54, 1.807) is 0 Å². The third kappa shape index (κ3) is 2.59. The first-order chi connectivity index (χ1) is 6.93. The van der Waals surface area contributed by atoms with Gasteiger partial charge in [0.05, 0.1) is 0 Å². The van der Waals surface area contributed by atoms with Gasteiger partial charge < -0.3 is 15.3 Å². The molecule has 0 spiro atoms. The Morgan fingerprint density at radius 2 is 2.00 bits per heavy atom. The molecule has 1 aromatic rings. The molecule has 4 nitrogen and oxygen atoms in total. The molecule has 0 aliphatic rings. The number of carboxylic acid groups (broad SMARTS) is 1. The topological polar surface area (TPSA) is 77.8 Å². The highest BCUT2D eigenvalue weighted by atomic mass is 79.9. The summed E-state index contributed by atoms with van der Waals surface area (Å²) in [6, 6.07) is 0.915. The van der Waals surface area contributed by atoms with E-state index in [0.717, 1.165) is 6.07 Å². The number of phenols is 2. The van der Waals surface area contributed by atoms with Crippen LogP contribution in [0.4, 0.5) is 4.39 Å². The molecule has 0 aliphatic carbocycles. The first-order valence-electron chi connectivity index (χ1n) is 4.04. The van der Waals surface area contributed by atoms with Gasteiger partial charge in [0, 0.05) is 6.42 Å². The van der Waals surface area contributed by atoms with E-state index in [1.165, 1.54) is 0 Å². The minimum absolute atomic E-state index is 0.00301. The quantitative estimate of drug-likeness (QED) is 0.791. The summed E-state index contributed by atoms with van der Waals surface area (Å²) in [5.41, 5.74) is 0.138. The fourth-order valence-electron chi connectivity index (χ4n) is 1.08. The maximum absolute atomic E-state index is 13.0. The molecule has 0 heterocycles. The summed E-state index contributed by atoms with van der Waals surface area (Å²) < 4.78 is 12.8. The molecule has 0 unspecified atom stereocenters. The predicted molar refractivity (Wildman–Crippen MR) is 53.4 cm³/mol. The number of aromatic hydroxyl groups is 2. The van der Waals surface area contributed by atoms with Crippen molar-refractivity contribution in [3.8, 4) is 11.5 Å². The molecular weight excluding hydrogens is 271 g/mol. The number of aliphatic carboxylic acids is 1. The number of halogens is 2. The van der Waals surface area contributed by atoms with Gasteiger partial charge in [-0.1, -0.05) is 0 Å². The molecule has 0 radical (unpaired) electrons. The van der Waals surface area contributed by atoms with Gasteiger partial charge in [-0.3, -0.25) is 4.79 Å². The highest BCUT2D eigenvalue weighted by molar-refractivity contribution is 9.10. The van der Waals surface area contributed by atoms with Gasteiger partial charge in [0.1, 0.15) is 10.2 Å². The number of benzene rings is 1. The van der Waals surface area contributed by atoms with E-state index < -0.39 is 17.5 Å². The Kier molecular flexibility index (Phi) is 3.52. The SMILES string of the molecule is O=C(O)CCc1cc(F)c(O)c(Br)c1O. The summed E-state index contributed by atoms with van der Waals surface area (Å²) in [5.74, 6) is -2.97. The fourth-order valence-corrected chi connectivity index (χ4v) is 1.52. The van der Waals surface area contributed by atoms with Gasteiger partial charge in [-0.15, -0.1) is 0 Å². The molecule has 0 saturated heterocycles. The van der Waals surface area contributed by atoms with E-state index in [4.69, 9.17) is 10.2 Å². The van der Waals surface area contributed by atoms with Crippen molar-refractivity contribution >= 4 is 21.9 Å². The van der Waals surface area contributed by atoms with Crippen molar-refractivity contribution in [3.05, 3.63) is 21.9 Å². The van der Waals surface area contributed by atoms with Crippen molar-refractivity contribution < 1.29 is 24.5 Å². The van der Waals surface area contributed by atoms with E-state index in [2.05, 4.69) is 15.9 Å². The second kappa shape index (κ2) is 4.48. The normalized spacial score (nSPS) is 10.3. The van der Waals surface area contributed by atoms with Crippen LogP contribution in [-0.2, 0) is 11.2 Å². The summed E-state index contributed by atoms with van der Waals surface area (Å²) in [6.07, 6.45) is -0.221. The first kappa shape index (κ1) is 11.8. The van der Waals surface area contributed by atoms with Crippen LogP contribution in [0.3, 0.4) is 0 Å². The van der Waals surface area contributed by atoms with Crippen LogP contribution in [0, 0.1) is 5.82 Å². The Labute approximate surface area is 93.1 Å². The van der Waals surface area contributed by atoms with Crippen molar-refractivity contribution in [2.24, 2.45) is 0 Å². The lowest BCUT2D eigenvalue weighted by Gasteiger charge is -2.07. The average molecular weight is 279 g/mol. The second-order valence-electron chi connectivity index (χ2n) is 2.92. The maximum atomic E-state index is 13.0. The maximum Gasteiger partial charge on any atom is 0.303 e. The zero-order valence-corrected chi connectivity index (χ0v) is 9.08. The standard InChI is InChI=1S/C9H8BrFO4/c10-7-8(14)4(1-2-6(12)13)3-5(11)9(7)15/h3,14-15H,1-2H2,(H,12,13). The highest BCUT2D eigenvalue weighted by Gasteiger charge is 2.15. The molecule has 0 saturated carbocycles. The summed E-state index contributed by atoms with van der Waals surface area (Å²) in [4.78, 5) is 10.3. The van der Waals surface area contributed by atoms with Crippen molar-refractivity contribution in [1.29, 1.82) is 0 Å². The molecule has 82 valence electrons. The summed E-state index contributed by atoms with van der Waals surface area (Å²) in [6.45, 7) is 0. The van der Waals surface area contributed by atoms with Crippen molar-refractivity contribution in [3.63, 3.8) is 0 Å². The third-order valence-corrected chi connectivity index (χ3v) is 2.61. The van der Waals surface area contributed by atoms with E-state index in [9.17, 15) is 14.3 Å². The molecule has 0 bridgehead atoms. The van der Waals surface area contributed by atoms with Gasteiger partial charge in [-0.2, -0.15) is 0 Å². The summed E-state index contributed by atoms with van der Waals surface area (Å²) >= 11 is 2.80. The van der Waals surface area contributed by atoms with E-state index in [0.29, 0.717) is 0 Å². The van der Waals surface area contributed by atoms with E-state index in [1.807, 2.05) is 0 Å². The van der Waals surface area contributed by atoms with Crippen molar-refractivity contribution in [2.45, 2.75) is 12.8 Å². The summed E-state index contributed by atoms with van der Waals surface area (Å²) in [5, 5.41) is 27.0. The summed E-state index contributed by atoms with van der Waals surface area (Å²) in [7, 11) is 0. The van der Waals surface area contributed by atoms with Crippen LogP contribution in [0.1, 0.15) is 12.0 Å². The Morgan fingerprint density at radius 1 is 1.40 bits per heavy atom. The van der Waals surface area contributed by atoms with Gasteiger partial charge in [-0.25, -0.2) is 4.39 Å². The average Bonchev–Trinajstić information content (AvgIpc) is 2.18. The molecule has 0 atom stereocenters. The zero-order chi connectivity index (χ0) is 11.6. The molecule has 1 rings (SSSR count). The molecule has 0 aromatic heterocycles. The van der Waals surface area contributed by atoms with Gasteiger partial charge in [0.2, 0.25) is 0 Å². The Morgan fingerprint density at radius 3 is 2.53 bits per heavy atom. The number of hydrogen-bond acceptors (Lipinski definition) is 3. The molecule has 1 aromatic carbocycles. The highest BCUT2D eigenvalue weighted by Crippen LogP contribution is 2.38. The predicted octanol–water partition coefficient (Wildman–Crippen LogP) is 2.02. The number of rotatable bonds is 3. The van der Waals surface area contributed by atoms with E-state index >= 15 is 0 Å². The number of hydrogen-bond donors (Lipinski definition) is 3.